The van der Waals surface area contributed by atoms with Gasteiger partial charge in [0, 0.05) is 0 Å². The maximum absolute atomic E-state index is 6.36. The molecule has 1 heterocycles. The first kappa shape index (κ1) is 13.2. The minimum absolute atomic E-state index is 1.04. The molecule has 1 rings (SSSR count). The van der Waals surface area contributed by atoms with Crippen LogP contribution in [0, 0.1) is 0 Å². The molecule has 1 saturated heterocycles. The van der Waals surface area contributed by atoms with Gasteiger partial charge in [0.1, 0.15) is 0 Å². The third-order valence-corrected chi connectivity index (χ3v) is 17.4. The molecule has 0 aliphatic carbocycles. The molecule has 2 unspecified atom stereocenters. The maximum Gasteiger partial charge on any atom is 0.207 e. The highest BCUT2D eigenvalue weighted by molar-refractivity contribution is 6.93. The van der Waals surface area contributed by atoms with Gasteiger partial charge in [-0.05, 0) is 41.7 Å². The van der Waals surface area contributed by atoms with Gasteiger partial charge in [0.2, 0.25) is 9.12 Å². The van der Waals surface area contributed by atoms with Gasteiger partial charge in [-0.2, -0.15) is 0 Å². The Morgan fingerprint density at radius 1 is 0.929 bits per heavy atom. The SMILES string of the molecule is CC[SiH]1N[SiH](CC)N(Cl)[SiH](CC)N1Cl. The van der Waals surface area contributed by atoms with Crippen molar-refractivity contribution in [2.45, 2.75) is 38.9 Å². The molecule has 1 N–H and O–H groups in total. The summed E-state index contributed by atoms with van der Waals surface area (Å²) in [6, 6.07) is 3.53. The molecule has 1 aliphatic rings. The summed E-state index contributed by atoms with van der Waals surface area (Å²) in [5.74, 6) is 0. The van der Waals surface area contributed by atoms with Crippen LogP contribution in [0.4, 0.5) is 0 Å². The summed E-state index contributed by atoms with van der Waals surface area (Å²) in [5.41, 5.74) is 0. The van der Waals surface area contributed by atoms with Gasteiger partial charge in [0.25, 0.3) is 0 Å². The van der Waals surface area contributed by atoms with Gasteiger partial charge in [-0.1, -0.05) is 20.8 Å². The zero-order valence-electron chi connectivity index (χ0n) is 9.00. The van der Waals surface area contributed by atoms with Gasteiger partial charge in [-0.15, -0.1) is 0 Å². The second-order valence-electron chi connectivity index (χ2n) is 3.59. The highest BCUT2D eigenvalue weighted by atomic mass is 35.5. The molecule has 1 fully saturated rings. The summed E-state index contributed by atoms with van der Waals surface area (Å²) >= 11 is 12.7. The Labute approximate surface area is 102 Å². The average molecular weight is 288 g/mol. The Balaban J connectivity index is 2.72. The van der Waals surface area contributed by atoms with Gasteiger partial charge in [-0.25, -0.2) is 7.50 Å². The lowest BCUT2D eigenvalue weighted by atomic mass is 11.0. The zero-order valence-corrected chi connectivity index (χ0v) is 14.0. The number of nitrogens with one attached hydrogen (secondary N) is 1. The average Bonchev–Trinajstić information content (AvgIpc) is 2.19. The zero-order chi connectivity index (χ0) is 10.7. The second kappa shape index (κ2) is 6.00. The first-order valence-electron chi connectivity index (χ1n) is 5.29. The minimum Gasteiger partial charge on any atom is -0.339 e. The van der Waals surface area contributed by atoms with E-state index in [1.54, 1.807) is 0 Å². The summed E-state index contributed by atoms with van der Waals surface area (Å²) in [4.78, 5) is 0. The van der Waals surface area contributed by atoms with Gasteiger partial charge in [-0.3, -0.25) is 0 Å². The van der Waals surface area contributed by atoms with Crippen molar-refractivity contribution in [3.05, 3.63) is 0 Å². The van der Waals surface area contributed by atoms with Crippen LogP contribution in [0.15, 0.2) is 0 Å². The van der Waals surface area contributed by atoms with E-state index in [4.69, 9.17) is 23.6 Å². The summed E-state index contributed by atoms with van der Waals surface area (Å²) in [5, 5.41) is 0. The Bertz CT molecular complexity index is 172. The predicted molar refractivity (Wildman–Crippen MR) is 71.4 cm³/mol. The van der Waals surface area contributed by atoms with E-state index >= 15 is 0 Å². The molecule has 0 amide bonds. The molecule has 0 radical (unpaired) electrons. The molecular weight excluding hydrogens is 269 g/mol. The van der Waals surface area contributed by atoms with E-state index in [-0.39, 0.29) is 0 Å². The topological polar surface area (TPSA) is 18.5 Å². The molecule has 0 aromatic carbocycles. The smallest absolute Gasteiger partial charge is 0.207 e. The number of hydrogen-bond acceptors (Lipinski definition) is 3. The molecule has 8 heteroatoms. The first-order valence-corrected chi connectivity index (χ1v) is 11.6. The lowest BCUT2D eigenvalue weighted by molar-refractivity contribution is 0.800. The number of nitrogens with zero attached hydrogens (tertiary/aromatic N) is 2. The van der Waals surface area contributed by atoms with Crippen LogP contribution in [0.5, 0.6) is 0 Å². The molecule has 0 saturated carbocycles. The van der Waals surface area contributed by atoms with Crippen LogP contribution >= 0.6 is 23.6 Å². The Morgan fingerprint density at radius 2 is 1.36 bits per heavy atom. The van der Waals surface area contributed by atoms with E-state index < -0.39 is 27.4 Å². The van der Waals surface area contributed by atoms with Crippen LogP contribution in [-0.4, -0.2) is 34.9 Å². The molecule has 84 valence electrons. The van der Waals surface area contributed by atoms with Crippen molar-refractivity contribution in [3.63, 3.8) is 0 Å². The van der Waals surface area contributed by atoms with E-state index in [1.165, 1.54) is 12.1 Å². The molecule has 3 nitrogen and oxygen atoms in total. The molecule has 0 aromatic rings. The third-order valence-electron chi connectivity index (χ3n) is 2.69. The van der Waals surface area contributed by atoms with E-state index in [0.717, 1.165) is 6.04 Å². The van der Waals surface area contributed by atoms with Crippen LogP contribution in [-0.2, 0) is 0 Å². The number of hydrogen-bond donors (Lipinski definition) is 1. The fraction of sp³-hybridized carbons (Fsp3) is 1.00. The summed E-state index contributed by atoms with van der Waals surface area (Å²) in [7, 11) is -3.27. The normalized spacial score (nSPS) is 36.2. The van der Waals surface area contributed by atoms with Crippen molar-refractivity contribution in [3.8, 4) is 0 Å². The van der Waals surface area contributed by atoms with E-state index in [0.29, 0.717) is 0 Å². The summed E-state index contributed by atoms with van der Waals surface area (Å²) < 4.78 is 7.92. The lowest BCUT2D eigenvalue weighted by Gasteiger charge is -2.44. The van der Waals surface area contributed by atoms with E-state index in [1.807, 2.05) is 0 Å². The monoisotopic (exact) mass is 287 g/mol. The first-order chi connectivity index (χ1) is 6.65. The van der Waals surface area contributed by atoms with Gasteiger partial charge in [0.05, 0.1) is 0 Å². The Hall–Kier alpha value is 1.11. The quantitative estimate of drug-likeness (QED) is 0.622. The number of rotatable bonds is 3. The molecule has 0 bridgehead atoms. The summed E-state index contributed by atoms with van der Waals surface area (Å²) in [6.45, 7) is 6.66. The van der Waals surface area contributed by atoms with E-state index in [9.17, 15) is 0 Å². The molecule has 2 atom stereocenters. The fourth-order valence-corrected chi connectivity index (χ4v) is 20.8. The number of halogens is 2. The van der Waals surface area contributed by atoms with Crippen molar-refractivity contribution in [1.82, 2.24) is 12.1 Å². The minimum atomic E-state index is -1.19. The van der Waals surface area contributed by atoms with Gasteiger partial charge in [0.15, 0.2) is 18.2 Å². The lowest BCUT2D eigenvalue weighted by Crippen LogP contribution is -2.71. The van der Waals surface area contributed by atoms with Crippen molar-refractivity contribution < 1.29 is 0 Å². The molecular formula is C6H19Cl2N3Si3. The Morgan fingerprint density at radius 3 is 1.64 bits per heavy atom. The van der Waals surface area contributed by atoms with Crippen LogP contribution in [0.1, 0.15) is 20.8 Å². The van der Waals surface area contributed by atoms with Crippen LogP contribution in [0.3, 0.4) is 0 Å². The maximum atomic E-state index is 6.36. The largest absolute Gasteiger partial charge is 0.339 e. The third kappa shape index (κ3) is 2.62. The van der Waals surface area contributed by atoms with Gasteiger partial charge >= 0.3 is 0 Å². The van der Waals surface area contributed by atoms with Crippen LogP contribution < -0.4 is 4.65 Å². The Kier molecular flexibility index (Phi) is 5.64. The molecule has 14 heavy (non-hydrogen) atoms. The van der Waals surface area contributed by atoms with Crippen LogP contribution in [0.25, 0.3) is 0 Å². The van der Waals surface area contributed by atoms with E-state index in [2.05, 4.69) is 32.9 Å². The fourth-order valence-electron chi connectivity index (χ4n) is 1.82. The molecule has 0 spiro atoms. The summed E-state index contributed by atoms with van der Waals surface area (Å²) in [6.07, 6.45) is 0. The molecule has 1 aliphatic heterocycles. The standard InChI is InChI=1S/C6H19Cl2N3Si3/c1-4-12-9-13(5-2)11(8)14(6-3)10(12)7/h9,12-14H,4-6H2,1-3H3. The predicted octanol–water partition coefficient (Wildman–Crippen LogP) is 1.22. The van der Waals surface area contributed by atoms with Crippen LogP contribution in [0.2, 0.25) is 18.1 Å². The van der Waals surface area contributed by atoms with Crippen molar-refractivity contribution in [1.29, 1.82) is 0 Å². The second-order valence-corrected chi connectivity index (χ2v) is 15.9. The molecule has 0 aromatic heterocycles. The highest BCUT2D eigenvalue weighted by Gasteiger charge is 2.40. The van der Waals surface area contributed by atoms with Gasteiger partial charge < -0.3 is 4.65 Å². The highest BCUT2D eigenvalue weighted by Crippen LogP contribution is 2.21. The van der Waals surface area contributed by atoms with Crippen molar-refractivity contribution >= 4 is 50.9 Å². The van der Waals surface area contributed by atoms with Crippen molar-refractivity contribution in [2.75, 3.05) is 0 Å². The van der Waals surface area contributed by atoms with Crippen molar-refractivity contribution in [2.24, 2.45) is 0 Å².